The van der Waals surface area contributed by atoms with E-state index in [9.17, 15) is 20.3 Å². The minimum Gasteiger partial charge on any atom is -0.395 e. The first-order valence-electron chi connectivity index (χ1n) is 10.5. The van der Waals surface area contributed by atoms with Crippen LogP contribution in [0.2, 0.25) is 0 Å². The maximum Gasteiger partial charge on any atom is 0.269 e. The van der Waals surface area contributed by atoms with Gasteiger partial charge in [-0.3, -0.25) is 15.0 Å². The van der Waals surface area contributed by atoms with Crippen LogP contribution in [0.25, 0.3) is 0 Å². The van der Waals surface area contributed by atoms with E-state index in [0.29, 0.717) is 18.7 Å². The summed E-state index contributed by atoms with van der Waals surface area (Å²) in [5, 5.41) is 32.4. The molecule has 0 saturated heterocycles. The van der Waals surface area contributed by atoms with Gasteiger partial charge in [-0.15, -0.1) is 23.5 Å². The summed E-state index contributed by atoms with van der Waals surface area (Å²) in [5.41, 5.74) is 2.64. The zero-order chi connectivity index (χ0) is 23.8. The summed E-state index contributed by atoms with van der Waals surface area (Å²) >= 11 is 3.35. The van der Waals surface area contributed by atoms with Crippen LogP contribution < -0.4 is 0 Å². The summed E-state index contributed by atoms with van der Waals surface area (Å²) < 4.78 is 0. The molecule has 6 nitrogen and oxygen atoms in total. The van der Waals surface area contributed by atoms with E-state index in [2.05, 4.69) is 48.5 Å². The van der Waals surface area contributed by atoms with Gasteiger partial charge in [0.2, 0.25) is 0 Å². The van der Waals surface area contributed by atoms with Crippen molar-refractivity contribution in [3.05, 3.63) is 99.6 Å². The standard InChI is InChI=1S/C25H28N2O4S2/c1-32-22-11-3-18(4-12-22)15-26(16-19-5-13-23(33-2)14-6-19)24(17-28)25(29)20-7-9-21(10-8-20)27(30)31/h3-14,24-25,28-29H,15-17H2,1-2H3. The molecule has 174 valence electrons. The van der Waals surface area contributed by atoms with Gasteiger partial charge in [-0.2, -0.15) is 0 Å². The Morgan fingerprint density at radius 2 is 1.30 bits per heavy atom. The van der Waals surface area contributed by atoms with Gasteiger partial charge in [0.05, 0.1) is 23.7 Å². The largest absolute Gasteiger partial charge is 0.395 e. The van der Waals surface area contributed by atoms with Gasteiger partial charge < -0.3 is 10.2 Å². The third kappa shape index (κ3) is 6.82. The third-order valence-corrected chi connectivity index (χ3v) is 7.04. The molecule has 0 spiro atoms. The molecule has 3 aromatic carbocycles. The minimum atomic E-state index is -1.01. The summed E-state index contributed by atoms with van der Waals surface area (Å²) in [6.45, 7) is 0.812. The van der Waals surface area contributed by atoms with E-state index < -0.39 is 17.1 Å². The van der Waals surface area contributed by atoms with Crippen LogP contribution in [0.4, 0.5) is 5.69 Å². The highest BCUT2D eigenvalue weighted by Gasteiger charge is 2.27. The Bertz CT molecular complexity index is 978. The third-order valence-electron chi connectivity index (χ3n) is 5.56. The number of aliphatic hydroxyl groups is 2. The summed E-state index contributed by atoms with van der Waals surface area (Å²) in [5.74, 6) is 0. The monoisotopic (exact) mass is 484 g/mol. The smallest absolute Gasteiger partial charge is 0.269 e. The molecule has 3 rings (SSSR count). The second-order valence-electron chi connectivity index (χ2n) is 7.64. The lowest BCUT2D eigenvalue weighted by Gasteiger charge is -2.34. The predicted octanol–water partition coefficient (Wildman–Crippen LogP) is 5.14. The molecule has 0 aliphatic heterocycles. The van der Waals surface area contributed by atoms with E-state index >= 15 is 0 Å². The van der Waals surface area contributed by atoms with Crippen molar-refractivity contribution >= 4 is 29.2 Å². The minimum absolute atomic E-state index is 0.0360. The molecule has 2 N–H and O–H groups in total. The van der Waals surface area contributed by atoms with E-state index in [4.69, 9.17) is 0 Å². The van der Waals surface area contributed by atoms with Gasteiger partial charge in [-0.1, -0.05) is 24.3 Å². The fraction of sp³-hybridized carbons (Fsp3) is 0.280. The molecule has 0 radical (unpaired) electrons. The number of aliphatic hydroxyl groups excluding tert-OH is 2. The number of non-ortho nitro benzene ring substituents is 1. The molecule has 2 unspecified atom stereocenters. The molecule has 0 aliphatic carbocycles. The lowest BCUT2D eigenvalue weighted by Crippen LogP contribution is -2.41. The van der Waals surface area contributed by atoms with Crippen molar-refractivity contribution in [3.8, 4) is 0 Å². The molecule has 0 aromatic heterocycles. The number of rotatable bonds is 11. The predicted molar refractivity (Wildman–Crippen MR) is 135 cm³/mol. The second kappa shape index (κ2) is 12.2. The highest BCUT2D eigenvalue weighted by Crippen LogP contribution is 2.27. The van der Waals surface area contributed by atoms with Crippen molar-refractivity contribution in [2.24, 2.45) is 0 Å². The molecular weight excluding hydrogens is 456 g/mol. The van der Waals surface area contributed by atoms with Gasteiger partial charge in [0.25, 0.3) is 5.69 Å². The van der Waals surface area contributed by atoms with E-state index in [1.54, 1.807) is 35.7 Å². The highest BCUT2D eigenvalue weighted by molar-refractivity contribution is 7.98. The highest BCUT2D eigenvalue weighted by atomic mass is 32.2. The molecule has 0 saturated carbocycles. The molecule has 33 heavy (non-hydrogen) atoms. The molecule has 8 heteroatoms. The van der Waals surface area contributed by atoms with Crippen molar-refractivity contribution in [1.82, 2.24) is 4.90 Å². The number of thioether (sulfide) groups is 2. The first-order chi connectivity index (χ1) is 15.9. The van der Waals surface area contributed by atoms with Gasteiger partial charge in [-0.25, -0.2) is 0 Å². The van der Waals surface area contributed by atoms with E-state index in [1.807, 2.05) is 17.4 Å². The lowest BCUT2D eigenvalue weighted by molar-refractivity contribution is -0.384. The summed E-state index contributed by atoms with van der Waals surface area (Å²) in [4.78, 5) is 14.9. The Morgan fingerprint density at radius 1 is 0.848 bits per heavy atom. The fourth-order valence-corrected chi connectivity index (χ4v) is 4.47. The summed E-state index contributed by atoms with van der Waals surface area (Å²) in [7, 11) is 0. The maximum absolute atomic E-state index is 11.1. The van der Waals surface area contributed by atoms with Gasteiger partial charge in [0, 0.05) is 35.0 Å². The zero-order valence-electron chi connectivity index (χ0n) is 18.6. The number of nitrogens with zero attached hydrogens (tertiary/aromatic N) is 2. The van der Waals surface area contributed by atoms with Crippen LogP contribution >= 0.6 is 23.5 Å². The molecule has 0 amide bonds. The van der Waals surface area contributed by atoms with Crippen molar-refractivity contribution in [3.63, 3.8) is 0 Å². The van der Waals surface area contributed by atoms with E-state index in [1.165, 1.54) is 21.9 Å². The molecule has 3 aromatic rings. The average Bonchev–Trinajstić information content (AvgIpc) is 2.85. The first kappa shape index (κ1) is 25.3. The Morgan fingerprint density at radius 3 is 1.67 bits per heavy atom. The Hall–Kier alpha value is -2.36. The molecule has 2 atom stereocenters. The zero-order valence-corrected chi connectivity index (χ0v) is 20.3. The van der Waals surface area contributed by atoms with Crippen LogP contribution in [0.1, 0.15) is 22.8 Å². The van der Waals surface area contributed by atoms with Gasteiger partial charge in [0.15, 0.2) is 0 Å². The second-order valence-corrected chi connectivity index (χ2v) is 9.40. The quantitative estimate of drug-likeness (QED) is 0.221. The van der Waals surface area contributed by atoms with Crippen LogP contribution in [-0.4, -0.2) is 45.2 Å². The summed E-state index contributed by atoms with van der Waals surface area (Å²) in [6.07, 6.45) is 3.05. The van der Waals surface area contributed by atoms with Crippen LogP contribution in [0.5, 0.6) is 0 Å². The van der Waals surface area contributed by atoms with Crippen LogP contribution in [0.3, 0.4) is 0 Å². The molecule has 0 bridgehead atoms. The Balaban J connectivity index is 1.88. The van der Waals surface area contributed by atoms with Gasteiger partial charge in [0.1, 0.15) is 0 Å². The van der Waals surface area contributed by atoms with Crippen molar-refractivity contribution in [2.75, 3.05) is 19.1 Å². The van der Waals surface area contributed by atoms with Crippen LogP contribution in [-0.2, 0) is 13.1 Å². The number of hydrogen-bond donors (Lipinski definition) is 2. The average molecular weight is 485 g/mol. The fourth-order valence-electron chi connectivity index (χ4n) is 3.65. The number of nitro groups is 1. The van der Waals surface area contributed by atoms with Gasteiger partial charge >= 0.3 is 0 Å². The Kier molecular flexibility index (Phi) is 9.34. The SMILES string of the molecule is CSc1ccc(CN(Cc2ccc(SC)cc2)C(CO)C(O)c2ccc([N+](=O)[O-])cc2)cc1. The van der Waals surface area contributed by atoms with Crippen molar-refractivity contribution in [2.45, 2.75) is 35.0 Å². The van der Waals surface area contributed by atoms with Gasteiger partial charge in [-0.05, 0) is 65.6 Å². The molecule has 0 heterocycles. The Labute approximate surface area is 202 Å². The van der Waals surface area contributed by atoms with E-state index in [-0.39, 0.29) is 12.3 Å². The van der Waals surface area contributed by atoms with Crippen LogP contribution in [0.15, 0.2) is 82.6 Å². The first-order valence-corrected chi connectivity index (χ1v) is 12.9. The maximum atomic E-state index is 11.1. The number of benzene rings is 3. The topological polar surface area (TPSA) is 86.8 Å². The lowest BCUT2D eigenvalue weighted by atomic mass is 9.99. The normalized spacial score (nSPS) is 13.1. The van der Waals surface area contributed by atoms with E-state index in [0.717, 1.165) is 11.1 Å². The summed E-state index contributed by atoms with van der Waals surface area (Å²) in [6, 6.07) is 21.7. The molecular formula is C25H28N2O4S2. The number of nitro benzene ring substituents is 1. The number of hydrogen-bond acceptors (Lipinski definition) is 7. The molecule has 0 fully saturated rings. The van der Waals surface area contributed by atoms with Crippen LogP contribution in [0, 0.1) is 10.1 Å². The van der Waals surface area contributed by atoms with Crippen molar-refractivity contribution in [1.29, 1.82) is 0 Å². The molecule has 0 aliphatic rings. The van der Waals surface area contributed by atoms with Crippen molar-refractivity contribution < 1.29 is 15.1 Å².